The van der Waals surface area contributed by atoms with Crippen molar-refractivity contribution in [3.05, 3.63) is 21.3 Å². The molecule has 4 heteroatoms. The molecular formula is C11H16ClNOS. The fourth-order valence-corrected chi connectivity index (χ4v) is 2.76. The van der Waals surface area contributed by atoms with E-state index in [-0.39, 0.29) is 5.54 Å². The number of thiophene rings is 1. The minimum absolute atomic E-state index is 0.231. The van der Waals surface area contributed by atoms with Crippen LogP contribution in [0.15, 0.2) is 11.4 Å². The smallest absolute Gasteiger partial charge is 0.0516 e. The van der Waals surface area contributed by atoms with Crippen molar-refractivity contribution in [3.8, 4) is 0 Å². The molecule has 84 valence electrons. The molecule has 0 spiro atoms. The van der Waals surface area contributed by atoms with Gasteiger partial charge in [0.15, 0.2) is 0 Å². The summed E-state index contributed by atoms with van der Waals surface area (Å²) in [5.41, 5.74) is 0.231. The Morgan fingerprint density at radius 3 is 2.87 bits per heavy atom. The van der Waals surface area contributed by atoms with E-state index in [4.69, 9.17) is 16.3 Å². The summed E-state index contributed by atoms with van der Waals surface area (Å²) in [7, 11) is 0. The average Bonchev–Trinajstić information content (AvgIpc) is 2.63. The van der Waals surface area contributed by atoms with Crippen molar-refractivity contribution < 1.29 is 4.74 Å². The molecule has 0 aliphatic carbocycles. The lowest BCUT2D eigenvalue weighted by molar-refractivity contribution is 0.0447. The third kappa shape index (κ3) is 3.18. The Hall–Kier alpha value is -0.0900. The van der Waals surface area contributed by atoms with Crippen molar-refractivity contribution in [2.75, 3.05) is 13.2 Å². The van der Waals surface area contributed by atoms with E-state index in [1.807, 2.05) is 11.4 Å². The Kier molecular flexibility index (Phi) is 3.67. The normalized spacial score (nSPS) is 20.4. The third-order valence-corrected chi connectivity index (χ3v) is 4.19. The summed E-state index contributed by atoms with van der Waals surface area (Å²) in [6.07, 6.45) is 2.18. The topological polar surface area (TPSA) is 21.3 Å². The van der Waals surface area contributed by atoms with Gasteiger partial charge in [-0.05, 0) is 25.8 Å². The number of hydrogen-bond donors (Lipinski definition) is 1. The van der Waals surface area contributed by atoms with Gasteiger partial charge in [-0.25, -0.2) is 0 Å². The number of rotatable bonds is 3. The van der Waals surface area contributed by atoms with E-state index in [1.54, 1.807) is 11.3 Å². The molecule has 1 aliphatic rings. The zero-order valence-electron chi connectivity index (χ0n) is 8.88. The van der Waals surface area contributed by atoms with E-state index >= 15 is 0 Å². The second-order valence-electron chi connectivity index (χ2n) is 4.26. The van der Waals surface area contributed by atoms with Crippen LogP contribution >= 0.6 is 22.9 Å². The van der Waals surface area contributed by atoms with Gasteiger partial charge in [0.25, 0.3) is 0 Å². The molecule has 0 radical (unpaired) electrons. The van der Waals surface area contributed by atoms with Crippen molar-refractivity contribution in [2.24, 2.45) is 0 Å². The van der Waals surface area contributed by atoms with Crippen LogP contribution < -0.4 is 5.32 Å². The van der Waals surface area contributed by atoms with Crippen molar-refractivity contribution in [1.29, 1.82) is 0 Å². The number of nitrogens with one attached hydrogen (secondary N) is 1. The number of ether oxygens (including phenoxy) is 1. The third-order valence-electron chi connectivity index (χ3n) is 2.91. The monoisotopic (exact) mass is 245 g/mol. The van der Waals surface area contributed by atoms with Crippen LogP contribution in [0.4, 0.5) is 0 Å². The molecule has 2 heterocycles. The van der Waals surface area contributed by atoms with Crippen molar-refractivity contribution in [3.63, 3.8) is 0 Å². The summed E-state index contributed by atoms with van der Waals surface area (Å²) in [5, 5.41) is 6.42. The van der Waals surface area contributed by atoms with Gasteiger partial charge >= 0.3 is 0 Å². The first kappa shape index (κ1) is 11.4. The summed E-state index contributed by atoms with van der Waals surface area (Å²) in [6.45, 7) is 4.92. The Labute approximate surface area is 99.6 Å². The Bertz CT molecular complexity index is 320. The fourth-order valence-electron chi connectivity index (χ4n) is 1.75. The predicted octanol–water partition coefficient (Wildman–Crippen LogP) is 3.06. The maximum absolute atomic E-state index is 5.88. The van der Waals surface area contributed by atoms with Crippen LogP contribution in [0.2, 0.25) is 5.02 Å². The molecule has 1 aromatic rings. The molecule has 15 heavy (non-hydrogen) atoms. The van der Waals surface area contributed by atoms with Gasteiger partial charge < -0.3 is 10.1 Å². The minimum Gasteiger partial charge on any atom is -0.381 e. The minimum atomic E-state index is 0.231. The van der Waals surface area contributed by atoms with E-state index < -0.39 is 0 Å². The largest absolute Gasteiger partial charge is 0.381 e. The van der Waals surface area contributed by atoms with Crippen LogP contribution in [0.1, 0.15) is 24.6 Å². The molecular weight excluding hydrogens is 230 g/mol. The van der Waals surface area contributed by atoms with Gasteiger partial charge in [0.1, 0.15) is 0 Å². The first-order valence-electron chi connectivity index (χ1n) is 5.24. The van der Waals surface area contributed by atoms with Crippen molar-refractivity contribution in [1.82, 2.24) is 5.32 Å². The lowest BCUT2D eigenvalue weighted by Gasteiger charge is -2.34. The maximum Gasteiger partial charge on any atom is 0.0516 e. The summed E-state index contributed by atoms with van der Waals surface area (Å²) < 4.78 is 5.36. The van der Waals surface area contributed by atoms with E-state index in [0.29, 0.717) is 0 Å². The summed E-state index contributed by atoms with van der Waals surface area (Å²) in [4.78, 5) is 1.30. The highest BCUT2D eigenvalue weighted by molar-refractivity contribution is 7.10. The van der Waals surface area contributed by atoms with Crippen LogP contribution in [0.25, 0.3) is 0 Å². The molecule has 0 saturated carbocycles. The molecule has 2 nitrogen and oxygen atoms in total. The lowest BCUT2D eigenvalue weighted by Crippen LogP contribution is -2.46. The van der Waals surface area contributed by atoms with Gasteiger partial charge in [0, 0.05) is 35.6 Å². The fraction of sp³-hybridized carbons (Fsp3) is 0.636. The Morgan fingerprint density at radius 2 is 2.27 bits per heavy atom. The average molecular weight is 246 g/mol. The maximum atomic E-state index is 5.88. The first-order chi connectivity index (χ1) is 7.18. The molecule has 0 amide bonds. The summed E-state index contributed by atoms with van der Waals surface area (Å²) in [6, 6.07) is 2.03. The van der Waals surface area contributed by atoms with E-state index in [9.17, 15) is 0 Å². The quantitative estimate of drug-likeness (QED) is 0.884. The van der Waals surface area contributed by atoms with Gasteiger partial charge in [0.05, 0.1) is 5.02 Å². The molecule has 1 saturated heterocycles. The molecule has 1 N–H and O–H groups in total. The van der Waals surface area contributed by atoms with Gasteiger partial charge in [-0.1, -0.05) is 11.6 Å². The molecule has 0 aromatic carbocycles. The van der Waals surface area contributed by atoms with Gasteiger partial charge in [-0.2, -0.15) is 0 Å². The van der Waals surface area contributed by atoms with Gasteiger partial charge in [0.2, 0.25) is 0 Å². The van der Waals surface area contributed by atoms with Gasteiger partial charge in [-0.15, -0.1) is 11.3 Å². The first-order valence-corrected chi connectivity index (χ1v) is 6.49. The summed E-state index contributed by atoms with van der Waals surface area (Å²) >= 11 is 7.59. The van der Waals surface area contributed by atoms with E-state index in [2.05, 4.69) is 12.2 Å². The SMILES string of the molecule is CC1(NCc2cc(Cl)cs2)CCOCC1. The van der Waals surface area contributed by atoms with Crippen LogP contribution in [-0.2, 0) is 11.3 Å². The highest BCUT2D eigenvalue weighted by Crippen LogP contribution is 2.23. The van der Waals surface area contributed by atoms with Crippen molar-refractivity contribution >= 4 is 22.9 Å². The second-order valence-corrected chi connectivity index (χ2v) is 5.69. The van der Waals surface area contributed by atoms with Crippen molar-refractivity contribution in [2.45, 2.75) is 31.8 Å². The summed E-state index contributed by atoms with van der Waals surface area (Å²) in [5.74, 6) is 0. The molecule has 0 atom stereocenters. The molecule has 1 aliphatic heterocycles. The standard InChI is InChI=1S/C11H16ClNOS/c1-11(2-4-14-5-3-11)13-7-10-6-9(12)8-15-10/h6,8,13H,2-5,7H2,1H3. The Balaban J connectivity index is 1.86. The van der Waals surface area contributed by atoms with Crippen LogP contribution in [0, 0.1) is 0 Å². The number of hydrogen-bond acceptors (Lipinski definition) is 3. The zero-order valence-corrected chi connectivity index (χ0v) is 10.5. The van der Waals surface area contributed by atoms with Crippen LogP contribution in [0.5, 0.6) is 0 Å². The van der Waals surface area contributed by atoms with Crippen LogP contribution in [-0.4, -0.2) is 18.8 Å². The van der Waals surface area contributed by atoms with E-state index in [1.165, 1.54) is 4.88 Å². The molecule has 1 aromatic heterocycles. The molecule has 1 fully saturated rings. The predicted molar refractivity (Wildman–Crippen MR) is 64.6 cm³/mol. The number of halogens is 1. The molecule has 0 unspecified atom stereocenters. The molecule has 2 rings (SSSR count). The van der Waals surface area contributed by atoms with Crippen LogP contribution in [0.3, 0.4) is 0 Å². The lowest BCUT2D eigenvalue weighted by atomic mass is 9.92. The van der Waals surface area contributed by atoms with E-state index in [0.717, 1.165) is 37.6 Å². The zero-order chi connectivity index (χ0) is 10.7. The second kappa shape index (κ2) is 4.83. The highest BCUT2D eigenvalue weighted by Gasteiger charge is 2.26. The Morgan fingerprint density at radius 1 is 1.53 bits per heavy atom. The highest BCUT2D eigenvalue weighted by atomic mass is 35.5. The molecule has 0 bridgehead atoms. The van der Waals surface area contributed by atoms with Gasteiger partial charge in [-0.3, -0.25) is 0 Å².